The Morgan fingerprint density at radius 1 is 0.970 bits per heavy atom. The first-order valence-corrected chi connectivity index (χ1v) is 12.0. The second-order valence-electron chi connectivity index (χ2n) is 7.37. The highest BCUT2D eigenvalue weighted by Gasteiger charge is 2.28. The third kappa shape index (κ3) is 6.12. The number of para-hydroxylation sites is 2. The van der Waals surface area contributed by atoms with Crippen LogP contribution in [0.15, 0.2) is 77.7 Å². The van der Waals surface area contributed by atoms with Crippen molar-refractivity contribution in [1.82, 2.24) is 4.31 Å². The van der Waals surface area contributed by atoms with Gasteiger partial charge < -0.3 is 14.8 Å². The Kier molecular flexibility index (Phi) is 8.08. The van der Waals surface area contributed by atoms with E-state index in [4.69, 9.17) is 9.47 Å². The van der Waals surface area contributed by atoms with E-state index in [-0.39, 0.29) is 18.0 Å². The molecule has 0 aliphatic carbocycles. The summed E-state index contributed by atoms with van der Waals surface area (Å²) in [6.45, 7) is 3.83. The molecule has 1 amide bonds. The lowest BCUT2D eigenvalue weighted by molar-refractivity contribution is -0.116. The number of sulfonamides is 1. The van der Waals surface area contributed by atoms with Gasteiger partial charge in [0.25, 0.3) is 0 Å². The molecule has 1 N–H and O–H groups in total. The van der Waals surface area contributed by atoms with Crippen LogP contribution in [0.5, 0.6) is 11.5 Å². The third-order valence-corrected chi connectivity index (χ3v) is 6.77. The number of nitrogens with one attached hydrogen (secondary N) is 1. The Hall–Kier alpha value is -3.36. The Balaban J connectivity index is 1.90. The molecule has 3 aromatic carbocycles. The van der Waals surface area contributed by atoms with Gasteiger partial charge in [0.1, 0.15) is 11.5 Å². The highest BCUT2D eigenvalue weighted by molar-refractivity contribution is 7.89. The van der Waals surface area contributed by atoms with E-state index in [0.717, 1.165) is 5.56 Å². The molecular formula is C25H28N2O5S. The summed E-state index contributed by atoms with van der Waals surface area (Å²) in [5.41, 5.74) is 1.95. The van der Waals surface area contributed by atoms with Crippen LogP contribution in [0.4, 0.5) is 5.69 Å². The first-order chi connectivity index (χ1) is 15.8. The number of aryl methyl sites for hydroxylation is 1. The molecule has 0 aromatic heterocycles. The average Bonchev–Trinajstić information content (AvgIpc) is 2.81. The van der Waals surface area contributed by atoms with Gasteiger partial charge in [-0.25, -0.2) is 8.42 Å². The van der Waals surface area contributed by atoms with Crippen molar-refractivity contribution >= 4 is 21.6 Å². The summed E-state index contributed by atoms with van der Waals surface area (Å²) >= 11 is 0. The van der Waals surface area contributed by atoms with Crippen molar-refractivity contribution in [1.29, 1.82) is 0 Å². The number of amides is 1. The number of carbonyl (C=O) groups excluding carboxylic acids is 1. The lowest BCUT2D eigenvalue weighted by Gasteiger charge is -2.23. The fraction of sp³-hybridized carbons (Fsp3) is 0.240. The molecule has 3 rings (SSSR count). The van der Waals surface area contributed by atoms with Crippen molar-refractivity contribution in [3.8, 4) is 11.5 Å². The van der Waals surface area contributed by atoms with Gasteiger partial charge in [0.2, 0.25) is 15.9 Å². The lowest BCUT2D eigenvalue weighted by Crippen LogP contribution is -2.37. The van der Waals surface area contributed by atoms with Crippen LogP contribution in [0.3, 0.4) is 0 Å². The van der Waals surface area contributed by atoms with Crippen molar-refractivity contribution in [3.63, 3.8) is 0 Å². The summed E-state index contributed by atoms with van der Waals surface area (Å²) in [7, 11) is -2.47. The van der Waals surface area contributed by atoms with Crippen LogP contribution in [0, 0.1) is 6.92 Å². The zero-order chi connectivity index (χ0) is 23.8. The molecule has 0 spiro atoms. The van der Waals surface area contributed by atoms with Crippen molar-refractivity contribution < 1.29 is 22.7 Å². The number of benzene rings is 3. The van der Waals surface area contributed by atoms with Crippen LogP contribution < -0.4 is 14.8 Å². The quantitative estimate of drug-likeness (QED) is 0.481. The molecule has 0 atom stereocenters. The Morgan fingerprint density at radius 2 is 1.67 bits per heavy atom. The highest BCUT2D eigenvalue weighted by atomic mass is 32.2. The van der Waals surface area contributed by atoms with Gasteiger partial charge >= 0.3 is 0 Å². The van der Waals surface area contributed by atoms with Gasteiger partial charge in [-0.2, -0.15) is 4.31 Å². The maximum absolute atomic E-state index is 13.5. The van der Waals surface area contributed by atoms with Gasteiger partial charge in [-0.1, -0.05) is 42.5 Å². The molecular weight excluding hydrogens is 440 g/mol. The fourth-order valence-corrected chi connectivity index (χ4v) is 4.83. The first kappa shape index (κ1) is 24.3. The van der Waals surface area contributed by atoms with Gasteiger partial charge in [-0.15, -0.1) is 0 Å². The summed E-state index contributed by atoms with van der Waals surface area (Å²) in [6.07, 6.45) is 0. The molecule has 0 radical (unpaired) electrons. The number of carbonyl (C=O) groups is 1. The Bertz CT molecular complexity index is 1200. The van der Waals surface area contributed by atoms with Crippen LogP contribution in [0.25, 0.3) is 0 Å². The predicted octanol–water partition coefficient (Wildman–Crippen LogP) is 4.23. The zero-order valence-electron chi connectivity index (χ0n) is 18.9. The second-order valence-corrected chi connectivity index (χ2v) is 9.31. The summed E-state index contributed by atoms with van der Waals surface area (Å²) in [4.78, 5) is 13.0. The fourth-order valence-electron chi connectivity index (χ4n) is 3.36. The summed E-state index contributed by atoms with van der Waals surface area (Å²) < 4.78 is 39.1. The Morgan fingerprint density at radius 3 is 2.33 bits per heavy atom. The van der Waals surface area contributed by atoms with Crippen LogP contribution in [-0.2, 0) is 21.4 Å². The van der Waals surface area contributed by atoms with Crippen molar-refractivity contribution in [2.45, 2.75) is 25.3 Å². The molecule has 8 heteroatoms. The second kappa shape index (κ2) is 11.0. The maximum Gasteiger partial charge on any atom is 0.243 e. The number of ether oxygens (including phenoxy) is 2. The molecule has 0 heterocycles. The van der Waals surface area contributed by atoms with Gasteiger partial charge in [0.05, 0.1) is 30.8 Å². The van der Waals surface area contributed by atoms with E-state index in [1.807, 2.05) is 37.3 Å². The van der Waals surface area contributed by atoms with E-state index < -0.39 is 15.9 Å². The number of methoxy groups -OCH3 is 1. The molecule has 0 aliphatic rings. The zero-order valence-corrected chi connectivity index (χ0v) is 19.8. The van der Waals surface area contributed by atoms with Crippen molar-refractivity contribution in [3.05, 3.63) is 83.9 Å². The number of hydrogen-bond acceptors (Lipinski definition) is 5. The SMILES string of the molecule is CCOc1ccc(S(=O)(=O)N(CC(=O)Nc2ccccc2OC)Cc2ccccc2)cc1C. The third-order valence-electron chi connectivity index (χ3n) is 4.99. The first-order valence-electron chi connectivity index (χ1n) is 10.6. The minimum absolute atomic E-state index is 0.0504. The molecule has 0 bridgehead atoms. The molecule has 0 saturated carbocycles. The van der Waals surface area contributed by atoms with Crippen LogP contribution in [0.2, 0.25) is 0 Å². The standard InChI is InChI=1S/C25H28N2O5S/c1-4-32-23-15-14-21(16-19(23)2)33(29,30)27(17-20-10-6-5-7-11-20)18-25(28)26-22-12-8-9-13-24(22)31-3/h5-16H,4,17-18H2,1-3H3,(H,26,28). The molecule has 0 aliphatic heterocycles. The van der Waals surface area contributed by atoms with E-state index in [0.29, 0.717) is 29.4 Å². The molecule has 3 aromatic rings. The number of rotatable bonds is 10. The molecule has 0 fully saturated rings. The van der Waals surface area contributed by atoms with Crippen molar-refractivity contribution in [2.24, 2.45) is 0 Å². The van der Waals surface area contributed by atoms with Crippen LogP contribution >= 0.6 is 0 Å². The number of anilines is 1. The van der Waals surface area contributed by atoms with Crippen molar-refractivity contribution in [2.75, 3.05) is 25.6 Å². The van der Waals surface area contributed by atoms with E-state index >= 15 is 0 Å². The van der Waals surface area contributed by atoms with E-state index in [9.17, 15) is 13.2 Å². The van der Waals surface area contributed by atoms with Crippen LogP contribution in [0.1, 0.15) is 18.1 Å². The molecule has 0 saturated heterocycles. The van der Waals surface area contributed by atoms with E-state index in [2.05, 4.69) is 5.32 Å². The molecule has 0 unspecified atom stereocenters. The van der Waals surface area contributed by atoms with Gasteiger partial charge in [-0.05, 0) is 55.3 Å². The maximum atomic E-state index is 13.5. The number of hydrogen-bond donors (Lipinski definition) is 1. The van der Waals surface area contributed by atoms with Gasteiger partial charge in [-0.3, -0.25) is 4.79 Å². The summed E-state index contributed by atoms with van der Waals surface area (Å²) in [5, 5.41) is 2.75. The predicted molar refractivity (Wildman–Crippen MR) is 128 cm³/mol. The minimum atomic E-state index is -3.97. The normalized spacial score (nSPS) is 11.3. The topological polar surface area (TPSA) is 84.9 Å². The summed E-state index contributed by atoms with van der Waals surface area (Å²) in [6, 6.07) is 20.8. The largest absolute Gasteiger partial charge is 0.495 e. The minimum Gasteiger partial charge on any atom is -0.495 e. The number of nitrogens with zero attached hydrogens (tertiary/aromatic N) is 1. The van der Waals surface area contributed by atoms with Gasteiger partial charge in [0.15, 0.2) is 0 Å². The molecule has 7 nitrogen and oxygen atoms in total. The monoisotopic (exact) mass is 468 g/mol. The summed E-state index contributed by atoms with van der Waals surface area (Å²) in [5.74, 6) is 0.645. The molecule has 174 valence electrons. The van der Waals surface area contributed by atoms with E-state index in [1.54, 1.807) is 43.3 Å². The Labute approximate surface area is 195 Å². The van der Waals surface area contributed by atoms with Crippen LogP contribution in [-0.4, -0.2) is 38.9 Å². The molecule has 33 heavy (non-hydrogen) atoms. The lowest BCUT2D eigenvalue weighted by atomic mass is 10.2. The smallest absolute Gasteiger partial charge is 0.243 e. The van der Waals surface area contributed by atoms with Gasteiger partial charge in [0, 0.05) is 6.54 Å². The highest BCUT2D eigenvalue weighted by Crippen LogP contribution is 2.26. The van der Waals surface area contributed by atoms with E-state index in [1.165, 1.54) is 17.5 Å². The average molecular weight is 469 g/mol.